The molecule has 2 aromatic carbocycles. The summed E-state index contributed by atoms with van der Waals surface area (Å²) in [6.07, 6.45) is 2.02. The van der Waals surface area contributed by atoms with Crippen LogP contribution in [-0.4, -0.2) is 22.8 Å². The molecule has 0 saturated carbocycles. The number of hydrogen-bond acceptors (Lipinski definition) is 4. The van der Waals surface area contributed by atoms with Crippen molar-refractivity contribution in [1.29, 1.82) is 0 Å². The quantitative estimate of drug-likeness (QED) is 0.717. The average Bonchev–Trinajstić information content (AvgIpc) is 3.15. The van der Waals surface area contributed by atoms with Gasteiger partial charge in [-0.3, -0.25) is 9.59 Å². The van der Waals surface area contributed by atoms with Crippen LogP contribution >= 0.6 is 11.3 Å². The molecule has 3 aromatic rings. The first-order chi connectivity index (χ1) is 12.2. The summed E-state index contributed by atoms with van der Waals surface area (Å²) in [6, 6.07) is 17.7. The third-order valence-corrected chi connectivity index (χ3v) is 4.29. The number of hydrogen-bond donors (Lipinski definition) is 2. The Hall–Kier alpha value is -2.99. The number of carbonyl (C=O) groups is 2. The zero-order valence-electron chi connectivity index (χ0n) is 13.4. The highest BCUT2D eigenvalue weighted by Gasteiger charge is 2.22. The van der Waals surface area contributed by atoms with Crippen molar-refractivity contribution < 1.29 is 9.59 Å². The SMILES string of the molecule is O=C(N[C@H](Cc1ccccc1)C(=O)Nc1nccs1)c1ccccc1. The summed E-state index contributed by atoms with van der Waals surface area (Å²) in [5.41, 5.74) is 1.48. The van der Waals surface area contributed by atoms with E-state index in [-0.39, 0.29) is 11.8 Å². The second-order valence-electron chi connectivity index (χ2n) is 5.41. The molecule has 25 heavy (non-hydrogen) atoms. The monoisotopic (exact) mass is 351 g/mol. The topological polar surface area (TPSA) is 71.1 Å². The number of amides is 2. The van der Waals surface area contributed by atoms with Gasteiger partial charge < -0.3 is 10.6 Å². The van der Waals surface area contributed by atoms with Crippen LogP contribution in [0.15, 0.2) is 72.2 Å². The van der Waals surface area contributed by atoms with E-state index in [2.05, 4.69) is 15.6 Å². The Bertz CT molecular complexity index is 820. The van der Waals surface area contributed by atoms with Gasteiger partial charge in [-0.2, -0.15) is 0 Å². The van der Waals surface area contributed by atoms with Gasteiger partial charge in [0.05, 0.1) is 0 Å². The second-order valence-corrected chi connectivity index (χ2v) is 6.30. The van der Waals surface area contributed by atoms with Crippen molar-refractivity contribution in [3.05, 3.63) is 83.4 Å². The second kappa shape index (κ2) is 8.21. The van der Waals surface area contributed by atoms with Crippen molar-refractivity contribution in [1.82, 2.24) is 10.3 Å². The van der Waals surface area contributed by atoms with Crippen molar-refractivity contribution in [3.8, 4) is 0 Å². The minimum Gasteiger partial charge on any atom is -0.340 e. The van der Waals surface area contributed by atoms with E-state index in [1.807, 2.05) is 36.4 Å². The molecule has 0 unspecified atom stereocenters. The molecule has 2 amide bonds. The Balaban J connectivity index is 1.76. The first-order valence-electron chi connectivity index (χ1n) is 7.82. The van der Waals surface area contributed by atoms with Crippen LogP contribution in [0.4, 0.5) is 5.13 Å². The Morgan fingerprint density at radius 3 is 2.32 bits per heavy atom. The molecule has 3 rings (SSSR count). The van der Waals surface area contributed by atoms with E-state index in [1.54, 1.807) is 35.8 Å². The van der Waals surface area contributed by atoms with E-state index in [4.69, 9.17) is 0 Å². The maximum absolute atomic E-state index is 12.6. The molecule has 0 fully saturated rings. The molecule has 0 aliphatic carbocycles. The molecular weight excluding hydrogens is 334 g/mol. The van der Waals surface area contributed by atoms with Crippen molar-refractivity contribution in [2.75, 3.05) is 5.32 Å². The summed E-state index contributed by atoms with van der Waals surface area (Å²) in [6.45, 7) is 0. The van der Waals surface area contributed by atoms with Crippen molar-refractivity contribution in [2.24, 2.45) is 0 Å². The summed E-state index contributed by atoms with van der Waals surface area (Å²) in [7, 11) is 0. The molecule has 1 aromatic heterocycles. The fourth-order valence-corrected chi connectivity index (χ4v) is 2.90. The first-order valence-corrected chi connectivity index (χ1v) is 8.70. The minimum absolute atomic E-state index is 0.282. The molecule has 2 N–H and O–H groups in total. The zero-order chi connectivity index (χ0) is 17.5. The van der Waals surface area contributed by atoms with Gasteiger partial charge in [0.25, 0.3) is 5.91 Å². The maximum Gasteiger partial charge on any atom is 0.251 e. The van der Waals surface area contributed by atoms with Gasteiger partial charge in [-0.1, -0.05) is 48.5 Å². The van der Waals surface area contributed by atoms with Crippen LogP contribution in [-0.2, 0) is 11.2 Å². The molecule has 0 bridgehead atoms. The number of nitrogens with one attached hydrogen (secondary N) is 2. The molecule has 0 saturated heterocycles. The lowest BCUT2D eigenvalue weighted by Crippen LogP contribution is -2.45. The van der Waals surface area contributed by atoms with Gasteiger partial charge in [-0.25, -0.2) is 4.98 Å². The van der Waals surface area contributed by atoms with E-state index in [9.17, 15) is 9.59 Å². The lowest BCUT2D eigenvalue weighted by atomic mass is 10.0. The molecule has 1 atom stereocenters. The fraction of sp³-hybridized carbons (Fsp3) is 0.105. The predicted octanol–water partition coefficient (Wildman–Crippen LogP) is 3.12. The summed E-state index contributed by atoms with van der Waals surface area (Å²) in [5.74, 6) is -0.570. The molecule has 6 heteroatoms. The lowest BCUT2D eigenvalue weighted by Gasteiger charge is -2.18. The Kier molecular flexibility index (Phi) is 5.53. The number of thiazole rings is 1. The van der Waals surface area contributed by atoms with E-state index in [1.165, 1.54) is 11.3 Å². The largest absolute Gasteiger partial charge is 0.340 e. The molecule has 1 heterocycles. The van der Waals surface area contributed by atoms with Gasteiger partial charge in [0.1, 0.15) is 6.04 Å². The number of carbonyl (C=O) groups excluding carboxylic acids is 2. The van der Waals surface area contributed by atoms with Gasteiger partial charge >= 0.3 is 0 Å². The highest BCUT2D eigenvalue weighted by atomic mass is 32.1. The molecule has 0 spiro atoms. The summed E-state index contributed by atoms with van der Waals surface area (Å²) < 4.78 is 0. The van der Waals surface area contributed by atoms with Crippen LogP contribution in [0.3, 0.4) is 0 Å². The predicted molar refractivity (Wildman–Crippen MR) is 98.6 cm³/mol. The van der Waals surface area contributed by atoms with Gasteiger partial charge in [0, 0.05) is 23.6 Å². The highest BCUT2D eigenvalue weighted by Crippen LogP contribution is 2.12. The van der Waals surface area contributed by atoms with E-state index >= 15 is 0 Å². The Morgan fingerprint density at radius 1 is 1.00 bits per heavy atom. The fourth-order valence-electron chi connectivity index (χ4n) is 2.37. The smallest absolute Gasteiger partial charge is 0.251 e. The van der Waals surface area contributed by atoms with Crippen LogP contribution in [0.1, 0.15) is 15.9 Å². The van der Waals surface area contributed by atoms with Crippen LogP contribution in [0.5, 0.6) is 0 Å². The van der Waals surface area contributed by atoms with Gasteiger partial charge in [0.15, 0.2) is 5.13 Å². The lowest BCUT2D eigenvalue weighted by molar-refractivity contribution is -0.118. The molecular formula is C19H17N3O2S. The van der Waals surface area contributed by atoms with E-state index in [0.717, 1.165) is 5.56 Å². The van der Waals surface area contributed by atoms with E-state index < -0.39 is 6.04 Å². The standard InChI is InChI=1S/C19H17N3O2S/c23-17(15-9-5-2-6-10-15)21-16(13-14-7-3-1-4-8-14)18(24)22-19-20-11-12-25-19/h1-12,16H,13H2,(H,21,23)(H,20,22,24)/t16-/m1/s1. The molecule has 0 aliphatic heterocycles. The van der Waals surface area contributed by atoms with Crippen molar-refractivity contribution in [2.45, 2.75) is 12.5 Å². The molecule has 0 radical (unpaired) electrons. The summed E-state index contributed by atoms with van der Waals surface area (Å²) >= 11 is 1.33. The van der Waals surface area contributed by atoms with Gasteiger partial charge in [-0.05, 0) is 17.7 Å². The number of rotatable bonds is 6. The first kappa shape index (κ1) is 16.9. The van der Waals surface area contributed by atoms with Crippen LogP contribution in [0, 0.1) is 0 Å². The Labute approximate surface area is 149 Å². The molecule has 0 aliphatic rings. The van der Waals surface area contributed by atoms with Crippen LogP contribution in [0.25, 0.3) is 0 Å². The minimum atomic E-state index is -0.695. The van der Waals surface area contributed by atoms with Crippen molar-refractivity contribution in [3.63, 3.8) is 0 Å². The Morgan fingerprint density at radius 2 is 1.68 bits per heavy atom. The molecule has 126 valence electrons. The van der Waals surface area contributed by atoms with Crippen LogP contribution < -0.4 is 10.6 Å². The maximum atomic E-state index is 12.6. The highest BCUT2D eigenvalue weighted by molar-refractivity contribution is 7.13. The van der Waals surface area contributed by atoms with Gasteiger partial charge in [0.2, 0.25) is 5.91 Å². The third kappa shape index (κ3) is 4.74. The number of anilines is 1. The molecule has 5 nitrogen and oxygen atoms in total. The normalized spacial score (nSPS) is 11.5. The average molecular weight is 351 g/mol. The zero-order valence-corrected chi connectivity index (χ0v) is 14.2. The summed E-state index contributed by atoms with van der Waals surface area (Å²) in [5, 5.41) is 7.87. The summed E-state index contributed by atoms with van der Waals surface area (Å²) in [4.78, 5) is 29.1. The van der Waals surface area contributed by atoms with Crippen molar-refractivity contribution >= 4 is 28.3 Å². The van der Waals surface area contributed by atoms with Gasteiger partial charge in [-0.15, -0.1) is 11.3 Å². The van der Waals surface area contributed by atoms with Crippen LogP contribution in [0.2, 0.25) is 0 Å². The number of aromatic nitrogens is 1. The number of benzene rings is 2. The van der Waals surface area contributed by atoms with E-state index in [0.29, 0.717) is 17.1 Å². The number of nitrogens with zero attached hydrogens (tertiary/aromatic N) is 1. The third-order valence-electron chi connectivity index (χ3n) is 3.60.